The maximum Gasteiger partial charge on any atom is 0.236 e. The minimum absolute atomic E-state index is 0.434. The van der Waals surface area contributed by atoms with Gasteiger partial charge in [0, 0.05) is 22.0 Å². The molecule has 1 aliphatic rings. The van der Waals surface area contributed by atoms with Crippen molar-refractivity contribution >= 4 is 22.5 Å². The molecule has 3 aromatic rings. The molecular formula is C19H15NO3. The zero-order chi connectivity index (χ0) is 16.3. The number of aromatic amines is 1. The molecule has 0 atom stereocenters. The fourth-order valence-electron chi connectivity index (χ4n) is 3.29. The standard InChI is InChI=1S/C19H15NO3/c1-9-4-5-11-14(6-9)20-17-12-8-15(23-3)10(2)7-13(12)18(21)19(22)16(11)17/h4-8,20H,1-3H3. The van der Waals surface area contributed by atoms with E-state index in [1.54, 1.807) is 13.2 Å². The molecule has 0 radical (unpaired) electrons. The maximum atomic E-state index is 12.6. The van der Waals surface area contributed by atoms with Crippen LogP contribution < -0.4 is 4.74 Å². The smallest absolute Gasteiger partial charge is 0.236 e. The number of H-pyrrole nitrogens is 1. The predicted molar refractivity (Wildman–Crippen MR) is 88.4 cm³/mol. The Labute approximate surface area is 133 Å². The predicted octanol–water partition coefficient (Wildman–Crippen LogP) is 3.84. The van der Waals surface area contributed by atoms with Gasteiger partial charge in [0.1, 0.15) is 5.75 Å². The van der Waals surface area contributed by atoms with Gasteiger partial charge >= 0.3 is 0 Å². The molecule has 0 unspecified atom stereocenters. The molecule has 0 fully saturated rings. The lowest BCUT2D eigenvalue weighted by Crippen LogP contribution is -2.21. The largest absolute Gasteiger partial charge is 0.496 e. The van der Waals surface area contributed by atoms with Crippen molar-refractivity contribution in [3.63, 3.8) is 0 Å². The Balaban J connectivity index is 2.12. The fourth-order valence-corrected chi connectivity index (χ4v) is 3.29. The molecule has 0 spiro atoms. The average Bonchev–Trinajstić information content (AvgIpc) is 2.90. The first-order valence-corrected chi connectivity index (χ1v) is 7.41. The minimum atomic E-state index is -0.459. The number of Topliss-reactive ketones (excluding diaryl/α,β-unsaturated/α-hetero) is 2. The first-order chi connectivity index (χ1) is 11.0. The van der Waals surface area contributed by atoms with Crippen molar-refractivity contribution in [2.45, 2.75) is 13.8 Å². The molecule has 2 aromatic carbocycles. The quantitative estimate of drug-likeness (QED) is 0.695. The number of hydrogen-bond donors (Lipinski definition) is 1. The van der Waals surface area contributed by atoms with E-state index in [2.05, 4.69) is 4.98 Å². The second-order valence-electron chi connectivity index (χ2n) is 5.95. The van der Waals surface area contributed by atoms with E-state index in [1.165, 1.54) is 0 Å². The SMILES string of the molecule is COc1cc2c(cc1C)C(=O)C(=O)c1c-2[nH]c2cc(C)ccc12. The van der Waals surface area contributed by atoms with E-state index in [1.807, 2.05) is 38.1 Å². The maximum absolute atomic E-state index is 12.6. The highest BCUT2D eigenvalue weighted by atomic mass is 16.5. The third-order valence-electron chi connectivity index (χ3n) is 4.44. The molecule has 0 saturated heterocycles. The Bertz CT molecular complexity index is 1010. The van der Waals surface area contributed by atoms with Crippen LogP contribution in [0.25, 0.3) is 22.2 Å². The number of benzene rings is 2. The summed E-state index contributed by atoms with van der Waals surface area (Å²) in [6, 6.07) is 9.38. The van der Waals surface area contributed by atoms with Crippen LogP contribution in [-0.2, 0) is 0 Å². The molecule has 4 rings (SSSR count). The van der Waals surface area contributed by atoms with Crippen LogP contribution >= 0.6 is 0 Å². The van der Waals surface area contributed by atoms with Crippen molar-refractivity contribution < 1.29 is 14.3 Å². The third kappa shape index (κ3) is 1.78. The van der Waals surface area contributed by atoms with Crippen molar-refractivity contribution in [3.8, 4) is 17.0 Å². The van der Waals surface area contributed by atoms with Crippen LogP contribution in [0.4, 0.5) is 0 Å². The van der Waals surface area contributed by atoms with Gasteiger partial charge in [0.2, 0.25) is 11.6 Å². The molecule has 0 amide bonds. The highest BCUT2D eigenvalue weighted by molar-refractivity contribution is 6.54. The number of fused-ring (bicyclic) bond motifs is 5. The normalized spacial score (nSPS) is 13.2. The number of aromatic nitrogens is 1. The highest BCUT2D eigenvalue weighted by Gasteiger charge is 2.34. The van der Waals surface area contributed by atoms with Gasteiger partial charge in [-0.15, -0.1) is 0 Å². The summed E-state index contributed by atoms with van der Waals surface area (Å²) in [5.74, 6) is -0.210. The van der Waals surface area contributed by atoms with Crippen LogP contribution in [0.2, 0.25) is 0 Å². The molecule has 0 bridgehead atoms. The van der Waals surface area contributed by atoms with Crippen molar-refractivity contribution in [1.29, 1.82) is 0 Å². The topological polar surface area (TPSA) is 59.2 Å². The number of hydrogen-bond acceptors (Lipinski definition) is 3. The van der Waals surface area contributed by atoms with Crippen LogP contribution in [0.3, 0.4) is 0 Å². The molecule has 0 saturated carbocycles. The number of methoxy groups -OCH3 is 1. The molecule has 1 aliphatic carbocycles. The molecule has 1 heterocycles. The number of ether oxygens (including phenoxy) is 1. The molecule has 1 aromatic heterocycles. The summed E-state index contributed by atoms with van der Waals surface area (Å²) in [4.78, 5) is 28.4. The van der Waals surface area contributed by atoms with Crippen molar-refractivity contribution in [3.05, 3.63) is 52.6 Å². The first kappa shape index (κ1) is 13.8. The summed E-state index contributed by atoms with van der Waals surface area (Å²) in [7, 11) is 1.60. The fraction of sp³-hybridized carbons (Fsp3) is 0.158. The van der Waals surface area contributed by atoms with Crippen molar-refractivity contribution in [1.82, 2.24) is 4.98 Å². The first-order valence-electron chi connectivity index (χ1n) is 7.41. The number of carbonyl (C=O) groups is 2. The van der Waals surface area contributed by atoms with Gasteiger partial charge in [-0.25, -0.2) is 0 Å². The summed E-state index contributed by atoms with van der Waals surface area (Å²) in [6.45, 7) is 3.85. The van der Waals surface area contributed by atoms with Gasteiger partial charge < -0.3 is 9.72 Å². The van der Waals surface area contributed by atoms with E-state index >= 15 is 0 Å². The lowest BCUT2D eigenvalue weighted by Gasteiger charge is -2.17. The van der Waals surface area contributed by atoms with E-state index in [4.69, 9.17) is 4.74 Å². The van der Waals surface area contributed by atoms with Gasteiger partial charge in [0.25, 0.3) is 0 Å². The van der Waals surface area contributed by atoms with E-state index in [-0.39, 0.29) is 0 Å². The number of rotatable bonds is 1. The Morgan fingerprint density at radius 1 is 0.957 bits per heavy atom. The second kappa shape index (κ2) is 4.56. The molecule has 4 nitrogen and oxygen atoms in total. The van der Waals surface area contributed by atoms with E-state index in [0.717, 1.165) is 27.6 Å². The average molecular weight is 305 g/mol. The van der Waals surface area contributed by atoms with Crippen LogP contribution in [-0.4, -0.2) is 23.7 Å². The van der Waals surface area contributed by atoms with Gasteiger partial charge in [0.15, 0.2) is 0 Å². The molecule has 1 N–H and O–H groups in total. The summed E-state index contributed by atoms with van der Waals surface area (Å²) in [5.41, 5.74) is 5.11. The van der Waals surface area contributed by atoms with E-state index in [9.17, 15) is 9.59 Å². The van der Waals surface area contributed by atoms with Gasteiger partial charge in [-0.2, -0.15) is 0 Å². The van der Waals surface area contributed by atoms with Crippen LogP contribution in [0.1, 0.15) is 31.8 Å². The van der Waals surface area contributed by atoms with Gasteiger partial charge in [-0.3, -0.25) is 9.59 Å². The minimum Gasteiger partial charge on any atom is -0.496 e. The Morgan fingerprint density at radius 2 is 1.74 bits per heavy atom. The second-order valence-corrected chi connectivity index (χ2v) is 5.95. The van der Waals surface area contributed by atoms with E-state index < -0.39 is 11.6 Å². The van der Waals surface area contributed by atoms with Crippen LogP contribution in [0.5, 0.6) is 5.75 Å². The molecule has 114 valence electrons. The molecular weight excluding hydrogens is 290 g/mol. The Hall–Kier alpha value is -2.88. The molecule has 23 heavy (non-hydrogen) atoms. The molecule has 0 aliphatic heterocycles. The summed E-state index contributed by atoms with van der Waals surface area (Å²) >= 11 is 0. The number of ketones is 2. The zero-order valence-electron chi connectivity index (χ0n) is 13.1. The number of aryl methyl sites for hydroxylation is 2. The summed E-state index contributed by atoms with van der Waals surface area (Å²) in [5, 5.41) is 0.786. The Kier molecular flexibility index (Phi) is 2.73. The van der Waals surface area contributed by atoms with Crippen LogP contribution in [0.15, 0.2) is 30.3 Å². The monoisotopic (exact) mass is 305 g/mol. The van der Waals surface area contributed by atoms with Gasteiger partial charge in [-0.1, -0.05) is 12.1 Å². The van der Waals surface area contributed by atoms with Gasteiger partial charge in [-0.05, 0) is 43.2 Å². The van der Waals surface area contributed by atoms with Gasteiger partial charge in [0.05, 0.1) is 18.4 Å². The highest BCUT2D eigenvalue weighted by Crippen LogP contribution is 2.40. The molecule has 4 heteroatoms. The van der Waals surface area contributed by atoms with E-state index in [0.29, 0.717) is 22.6 Å². The lowest BCUT2D eigenvalue weighted by molar-refractivity contribution is 0.0816. The third-order valence-corrected chi connectivity index (χ3v) is 4.44. The number of nitrogens with one attached hydrogen (secondary N) is 1. The summed E-state index contributed by atoms with van der Waals surface area (Å²) < 4.78 is 5.37. The number of carbonyl (C=O) groups excluding carboxylic acids is 2. The van der Waals surface area contributed by atoms with Crippen LogP contribution in [0, 0.1) is 13.8 Å². The lowest BCUT2D eigenvalue weighted by atomic mass is 9.86. The van der Waals surface area contributed by atoms with Crippen molar-refractivity contribution in [2.75, 3.05) is 7.11 Å². The zero-order valence-corrected chi connectivity index (χ0v) is 13.1. The Morgan fingerprint density at radius 3 is 2.48 bits per heavy atom. The summed E-state index contributed by atoms with van der Waals surface area (Å²) in [6.07, 6.45) is 0. The van der Waals surface area contributed by atoms with Crippen molar-refractivity contribution in [2.24, 2.45) is 0 Å².